The second-order valence-corrected chi connectivity index (χ2v) is 5.39. The zero-order valence-corrected chi connectivity index (χ0v) is 13.5. The van der Waals surface area contributed by atoms with E-state index >= 15 is 0 Å². The van der Waals surface area contributed by atoms with Gasteiger partial charge in [0.05, 0.1) is 11.4 Å². The van der Waals surface area contributed by atoms with Gasteiger partial charge in [0.1, 0.15) is 0 Å². The van der Waals surface area contributed by atoms with Crippen LogP contribution in [0.25, 0.3) is 0 Å². The van der Waals surface area contributed by atoms with Gasteiger partial charge in [-0.2, -0.15) is 0 Å². The van der Waals surface area contributed by atoms with Gasteiger partial charge in [0.2, 0.25) is 5.60 Å². The number of likely N-dealkylation sites (N-methyl/N-ethyl adjacent to an activating group) is 1. The number of fused-ring (bicyclic) bond motifs is 1. The molecule has 0 saturated carbocycles. The highest BCUT2D eigenvalue weighted by molar-refractivity contribution is 6.09. The van der Waals surface area contributed by atoms with Crippen molar-refractivity contribution in [1.82, 2.24) is 0 Å². The second kappa shape index (κ2) is 6.20. The highest BCUT2D eigenvalue weighted by atomic mass is 16.7. The van der Waals surface area contributed by atoms with Crippen LogP contribution in [-0.2, 0) is 29.6 Å². The normalized spacial score (nSPS) is 20.3. The molecule has 0 spiro atoms. The molecule has 1 heterocycles. The number of esters is 1. The van der Waals surface area contributed by atoms with Crippen LogP contribution >= 0.6 is 0 Å². The molecule has 0 saturated heterocycles. The lowest BCUT2D eigenvalue weighted by Gasteiger charge is -2.27. The van der Waals surface area contributed by atoms with E-state index in [0.29, 0.717) is 17.0 Å². The van der Waals surface area contributed by atoms with E-state index in [-0.39, 0.29) is 12.3 Å². The number of benzene rings is 1. The summed E-state index contributed by atoms with van der Waals surface area (Å²) in [6, 6.07) is 7.07. The molecule has 2 rings (SSSR count). The molecule has 0 fully saturated rings. The number of carbonyl (C=O) groups excluding carboxylic acids is 3. The first kappa shape index (κ1) is 16.7. The van der Waals surface area contributed by atoms with Gasteiger partial charge in [0, 0.05) is 32.9 Å². The fraction of sp³-hybridized carbons (Fsp3) is 0.375. The highest BCUT2D eigenvalue weighted by Gasteiger charge is 2.53. The Hall–Kier alpha value is -2.70. The lowest BCUT2D eigenvalue weighted by molar-refractivity contribution is -0.165. The highest BCUT2D eigenvalue weighted by Crippen LogP contribution is 2.44. The van der Waals surface area contributed by atoms with Crippen molar-refractivity contribution in [3.8, 4) is 0 Å². The first-order valence-electron chi connectivity index (χ1n) is 7.06. The summed E-state index contributed by atoms with van der Waals surface area (Å²) in [6.07, 6.45) is 0.0000463. The van der Waals surface area contributed by atoms with Gasteiger partial charge in [-0.15, -0.1) is 0 Å². The predicted octanol–water partition coefficient (Wildman–Crippen LogP) is 1.75. The standard InChI is InChI=1S/C16H18N2O5/c1-10(17-23-12(3)20)9-16(22-11(2)19)13-7-5-6-8-14(13)18(4)15(16)21/h5-8H,9H2,1-4H3/b17-10-. The third-order valence-corrected chi connectivity index (χ3v) is 3.50. The number of hydrogen-bond acceptors (Lipinski definition) is 6. The van der Waals surface area contributed by atoms with Crippen molar-refractivity contribution in [3.63, 3.8) is 0 Å². The van der Waals surface area contributed by atoms with Crippen molar-refractivity contribution >= 4 is 29.2 Å². The van der Waals surface area contributed by atoms with Crippen molar-refractivity contribution in [2.45, 2.75) is 32.8 Å². The van der Waals surface area contributed by atoms with E-state index in [9.17, 15) is 14.4 Å². The van der Waals surface area contributed by atoms with Gasteiger partial charge in [-0.1, -0.05) is 23.4 Å². The van der Waals surface area contributed by atoms with E-state index in [1.54, 1.807) is 38.2 Å². The van der Waals surface area contributed by atoms with Gasteiger partial charge in [-0.3, -0.25) is 9.59 Å². The SMILES string of the molecule is CC(=O)O/N=C(/C)CC1(OC(C)=O)C(=O)N(C)c2ccccc21. The molecule has 1 aliphatic heterocycles. The lowest BCUT2D eigenvalue weighted by atomic mass is 9.89. The van der Waals surface area contributed by atoms with E-state index in [0.717, 1.165) is 0 Å². The zero-order chi connectivity index (χ0) is 17.2. The van der Waals surface area contributed by atoms with Crippen LogP contribution in [0.15, 0.2) is 29.4 Å². The fourth-order valence-corrected chi connectivity index (χ4v) is 2.69. The number of para-hydroxylation sites is 1. The van der Waals surface area contributed by atoms with Crippen molar-refractivity contribution in [3.05, 3.63) is 29.8 Å². The van der Waals surface area contributed by atoms with Gasteiger partial charge in [-0.25, -0.2) is 4.79 Å². The summed E-state index contributed by atoms with van der Waals surface area (Å²) < 4.78 is 5.43. The second-order valence-electron chi connectivity index (χ2n) is 5.39. The van der Waals surface area contributed by atoms with Crippen LogP contribution in [0.4, 0.5) is 5.69 Å². The topological polar surface area (TPSA) is 85.3 Å². The molecule has 0 radical (unpaired) electrons. The summed E-state index contributed by atoms with van der Waals surface area (Å²) in [6.45, 7) is 4.07. The van der Waals surface area contributed by atoms with Crippen LogP contribution in [0.3, 0.4) is 0 Å². The first-order valence-corrected chi connectivity index (χ1v) is 7.06. The van der Waals surface area contributed by atoms with Crippen molar-refractivity contribution in [2.75, 3.05) is 11.9 Å². The van der Waals surface area contributed by atoms with Crippen molar-refractivity contribution < 1.29 is 24.0 Å². The predicted molar refractivity (Wildman–Crippen MR) is 82.8 cm³/mol. The zero-order valence-electron chi connectivity index (χ0n) is 13.5. The van der Waals surface area contributed by atoms with Crippen molar-refractivity contribution in [1.29, 1.82) is 0 Å². The molecular weight excluding hydrogens is 300 g/mol. The molecule has 23 heavy (non-hydrogen) atoms. The largest absolute Gasteiger partial charge is 0.444 e. The quantitative estimate of drug-likeness (QED) is 0.365. The molecule has 122 valence electrons. The van der Waals surface area contributed by atoms with E-state index < -0.39 is 17.5 Å². The summed E-state index contributed by atoms with van der Waals surface area (Å²) in [5.41, 5.74) is 0.115. The number of carbonyl (C=O) groups is 3. The molecule has 1 amide bonds. The average Bonchev–Trinajstić information content (AvgIpc) is 2.68. The van der Waals surface area contributed by atoms with E-state index in [1.165, 1.54) is 18.7 Å². The Balaban J connectivity index is 2.48. The smallest absolute Gasteiger partial charge is 0.331 e. The Bertz CT molecular complexity index is 697. The molecule has 7 heteroatoms. The number of amides is 1. The van der Waals surface area contributed by atoms with Gasteiger partial charge >= 0.3 is 11.9 Å². The molecule has 0 aliphatic carbocycles. The van der Waals surface area contributed by atoms with Gasteiger partial charge in [0.15, 0.2) is 0 Å². The van der Waals surface area contributed by atoms with E-state index in [2.05, 4.69) is 9.99 Å². The molecule has 0 N–H and O–H groups in total. The number of oxime groups is 1. The average molecular weight is 318 g/mol. The molecule has 1 aromatic carbocycles. The minimum Gasteiger partial charge on any atom is -0.444 e. The summed E-state index contributed by atoms with van der Waals surface area (Å²) in [4.78, 5) is 41.3. The maximum atomic E-state index is 12.8. The first-order chi connectivity index (χ1) is 10.8. The molecule has 0 aromatic heterocycles. The number of hydrogen-bond donors (Lipinski definition) is 0. The van der Waals surface area contributed by atoms with Gasteiger partial charge in [-0.05, 0) is 13.0 Å². The third kappa shape index (κ3) is 3.08. The Morgan fingerprint density at radius 3 is 2.43 bits per heavy atom. The maximum absolute atomic E-state index is 12.8. The third-order valence-electron chi connectivity index (χ3n) is 3.50. The van der Waals surface area contributed by atoms with Gasteiger partial charge < -0.3 is 14.5 Å². The monoisotopic (exact) mass is 318 g/mol. The maximum Gasteiger partial charge on any atom is 0.331 e. The van der Waals surface area contributed by atoms with Gasteiger partial charge in [0.25, 0.3) is 5.91 Å². The van der Waals surface area contributed by atoms with Crippen LogP contribution in [0.5, 0.6) is 0 Å². The van der Waals surface area contributed by atoms with Crippen LogP contribution in [0, 0.1) is 0 Å². The molecule has 1 aliphatic rings. The Kier molecular flexibility index (Phi) is 4.49. The summed E-state index contributed by atoms with van der Waals surface area (Å²) in [5, 5.41) is 3.68. The number of ether oxygens (including phenoxy) is 1. The summed E-state index contributed by atoms with van der Waals surface area (Å²) >= 11 is 0. The molecule has 7 nitrogen and oxygen atoms in total. The van der Waals surface area contributed by atoms with Crippen LogP contribution in [0.1, 0.15) is 32.8 Å². The summed E-state index contributed by atoms with van der Waals surface area (Å²) in [5.74, 6) is -1.52. The fourth-order valence-electron chi connectivity index (χ4n) is 2.69. The van der Waals surface area contributed by atoms with E-state index in [1.807, 2.05) is 0 Å². The minimum absolute atomic E-state index is 0.0000463. The minimum atomic E-state index is -1.50. The molecule has 1 unspecified atom stereocenters. The lowest BCUT2D eigenvalue weighted by Crippen LogP contribution is -2.43. The van der Waals surface area contributed by atoms with Crippen LogP contribution in [-0.4, -0.2) is 30.6 Å². The molecule has 1 aromatic rings. The summed E-state index contributed by atoms with van der Waals surface area (Å²) in [7, 11) is 1.62. The Morgan fingerprint density at radius 1 is 1.17 bits per heavy atom. The van der Waals surface area contributed by atoms with Crippen LogP contribution in [0.2, 0.25) is 0 Å². The van der Waals surface area contributed by atoms with E-state index in [4.69, 9.17) is 4.74 Å². The number of rotatable bonds is 4. The molecule has 0 bridgehead atoms. The number of nitrogens with zero attached hydrogens (tertiary/aromatic N) is 2. The van der Waals surface area contributed by atoms with Crippen LogP contribution < -0.4 is 4.90 Å². The Labute approximate surface area is 133 Å². The molecule has 1 atom stereocenters. The number of anilines is 1. The van der Waals surface area contributed by atoms with Crippen molar-refractivity contribution in [2.24, 2.45) is 5.16 Å². The Morgan fingerprint density at radius 2 is 1.83 bits per heavy atom. The molecular formula is C16H18N2O5.